The van der Waals surface area contributed by atoms with E-state index in [1.54, 1.807) is 0 Å². The first kappa shape index (κ1) is 18.0. The van der Waals surface area contributed by atoms with Crippen LogP contribution in [0.1, 0.15) is 5.82 Å². The molecular weight excluding hydrogens is 387 g/mol. The van der Waals surface area contributed by atoms with E-state index >= 15 is 0 Å². The van der Waals surface area contributed by atoms with Crippen LogP contribution in [0, 0.1) is 10.1 Å². The summed E-state index contributed by atoms with van der Waals surface area (Å²) < 4.78 is 53.3. The number of hydrogen-bond donors (Lipinski definition) is 1. The highest BCUT2D eigenvalue weighted by Crippen LogP contribution is 2.26. The second-order valence-corrected chi connectivity index (χ2v) is 5.95. The van der Waals surface area contributed by atoms with E-state index in [0.717, 1.165) is 0 Å². The molecule has 0 spiro atoms. The number of imidazole rings is 2. The van der Waals surface area contributed by atoms with Gasteiger partial charge in [0.2, 0.25) is 0 Å². The lowest BCUT2D eigenvalue weighted by molar-refractivity contribution is -0.389. The quantitative estimate of drug-likeness (QED) is 0.517. The van der Waals surface area contributed by atoms with Crippen LogP contribution in [-0.4, -0.2) is 43.5 Å². The SMILES string of the molecule is O=[N+]([O-])c1cn2c(n1)OC[C@@H](OCc1nc3cc(OC(F)(F)F)ccc3[nH]1)C2. The lowest BCUT2D eigenvalue weighted by Crippen LogP contribution is -2.32. The molecule has 28 heavy (non-hydrogen) atoms. The van der Waals surface area contributed by atoms with Crippen LogP contribution in [0.4, 0.5) is 19.0 Å². The van der Waals surface area contributed by atoms with Gasteiger partial charge in [0.05, 0.1) is 17.6 Å². The van der Waals surface area contributed by atoms with Crippen molar-refractivity contribution in [3.63, 3.8) is 0 Å². The Labute approximate surface area is 154 Å². The van der Waals surface area contributed by atoms with Crippen molar-refractivity contribution in [1.82, 2.24) is 19.5 Å². The van der Waals surface area contributed by atoms with Gasteiger partial charge in [0, 0.05) is 11.1 Å². The van der Waals surface area contributed by atoms with Gasteiger partial charge in [0.1, 0.15) is 37.1 Å². The number of fused-ring (bicyclic) bond motifs is 2. The number of aromatic nitrogens is 4. The molecule has 2 aromatic heterocycles. The van der Waals surface area contributed by atoms with Gasteiger partial charge in [-0.1, -0.05) is 0 Å². The van der Waals surface area contributed by atoms with Gasteiger partial charge in [-0.05, 0) is 17.1 Å². The number of halogens is 3. The van der Waals surface area contributed by atoms with Crippen molar-refractivity contribution in [1.29, 1.82) is 0 Å². The molecule has 0 radical (unpaired) electrons. The largest absolute Gasteiger partial charge is 0.573 e. The van der Waals surface area contributed by atoms with Crippen LogP contribution in [0.25, 0.3) is 11.0 Å². The second kappa shape index (κ2) is 6.67. The highest BCUT2D eigenvalue weighted by molar-refractivity contribution is 5.76. The zero-order valence-corrected chi connectivity index (χ0v) is 14.0. The summed E-state index contributed by atoms with van der Waals surface area (Å²) in [4.78, 5) is 21.0. The molecule has 0 fully saturated rings. The average molecular weight is 399 g/mol. The average Bonchev–Trinajstić information content (AvgIpc) is 3.21. The van der Waals surface area contributed by atoms with Crippen molar-refractivity contribution in [2.24, 2.45) is 0 Å². The van der Waals surface area contributed by atoms with E-state index in [4.69, 9.17) is 9.47 Å². The maximum absolute atomic E-state index is 12.3. The van der Waals surface area contributed by atoms with E-state index in [9.17, 15) is 23.3 Å². The van der Waals surface area contributed by atoms with E-state index < -0.39 is 17.4 Å². The molecule has 0 bridgehead atoms. The molecule has 0 amide bonds. The Kier molecular flexibility index (Phi) is 4.30. The number of rotatable bonds is 5. The van der Waals surface area contributed by atoms with Gasteiger partial charge in [-0.15, -0.1) is 13.2 Å². The molecule has 10 nitrogen and oxygen atoms in total. The Balaban J connectivity index is 1.40. The highest BCUT2D eigenvalue weighted by Gasteiger charge is 2.31. The lowest BCUT2D eigenvalue weighted by Gasteiger charge is -2.21. The van der Waals surface area contributed by atoms with Crippen molar-refractivity contribution >= 4 is 16.9 Å². The first-order valence-electron chi connectivity index (χ1n) is 7.97. The standard InChI is InChI=1S/C15H12F3N5O5/c16-15(17,18)28-8-1-2-10-11(3-8)20-12(19-10)7-26-9-4-22-5-13(23(24)25)21-14(22)27-6-9/h1-3,5,9H,4,6-7H2,(H,19,20)/t9-/m0/s1. The fourth-order valence-electron chi connectivity index (χ4n) is 2.76. The number of H-pyrrole nitrogens is 1. The molecule has 0 saturated carbocycles. The number of hydrogen-bond acceptors (Lipinski definition) is 7. The third-order valence-corrected chi connectivity index (χ3v) is 3.91. The summed E-state index contributed by atoms with van der Waals surface area (Å²) in [6, 6.07) is 3.92. The predicted octanol–water partition coefficient (Wildman–Crippen LogP) is 2.54. The van der Waals surface area contributed by atoms with Crippen LogP contribution >= 0.6 is 0 Å². The molecule has 1 atom stereocenters. The Hall–Kier alpha value is -3.35. The van der Waals surface area contributed by atoms with Gasteiger partial charge in [-0.3, -0.25) is 4.57 Å². The number of nitrogens with one attached hydrogen (secondary N) is 1. The molecule has 3 aromatic rings. The second-order valence-electron chi connectivity index (χ2n) is 5.95. The first-order chi connectivity index (χ1) is 13.3. The van der Waals surface area contributed by atoms with Crippen LogP contribution in [0.5, 0.6) is 11.8 Å². The number of benzene rings is 1. The summed E-state index contributed by atoms with van der Waals surface area (Å²) in [5, 5.41) is 10.8. The normalized spacial score (nSPS) is 16.6. The Morgan fingerprint density at radius 1 is 1.39 bits per heavy atom. The van der Waals surface area contributed by atoms with E-state index in [-0.39, 0.29) is 30.8 Å². The van der Waals surface area contributed by atoms with Gasteiger partial charge >= 0.3 is 18.2 Å². The number of nitro groups is 1. The van der Waals surface area contributed by atoms with Gasteiger partial charge < -0.3 is 29.3 Å². The maximum Gasteiger partial charge on any atom is 0.573 e. The van der Waals surface area contributed by atoms with Crippen molar-refractivity contribution in [2.45, 2.75) is 25.6 Å². The van der Waals surface area contributed by atoms with Gasteiger partial charge in [-0.2, -0.15) is 0 Å². The molecule has 0 aliphatic carbocycles. The first-order valence-corrected chi connectivity index (χ1v) is 7.97. The number of ether oxygens (including phenoxy) is 3. The summed E-state index contributed by atoms with van der Waals surface area (Å²) in [7, 11) is 0. The highest BCUT2D eigenvalue weighted by atomic mass is 19.4. The molecule has 0 unspecified atom stereocenters. The molecular formula is C15H12F3N5O5. The zero-order valence-electron chi connectivity index (χ0n) is 14.0. The molecule has 0 saturated heterocycles. The fourth-order valence-corrected chi connectivity index (χ4v) is 2.76. The Bertz CT molecular complexity index is 1030. The molecule has 1 aliphatic rings. The smallest absolute Gasteiger partial charge is 0.443 e. The number of nitrogens with zero attached hydrogens (tertiary/aromatic N) is 4. The number of aromatic amines is 1. The Morgan fingerprint density at radius 2 is 2.21 bits per heavy atom. The lowest BCUT2D eigenvalue weighted by atomic mass is 10.3. The summed E-state index contributed by atoms with van der Waals surface area (Å²) in [5.41, 5.74) is 0.827. The Morgan fingerprint density at radius 3 is 2.96 bits per heavy atom. The van der Waals surface area contributed by atoms with Crippen molar-refractivity contribution in [3.8, 4) is 11.8 Å². The minimum Gasteiger partial charge on any atom is -0.443 e. The minimum absolute atomic E-state index is 0.0459. The topological polar surface area (TPSA) is 117 Å². The predicted molar refractivity (Wildman–Crippen MR) is 85.7 cm³/mol. The monoisotopic (exact) mass is 399 g/mol. The molecule has 3 heterocycles. The zero-order chi connectivity index (χ0) is 19.9. The van der Waals surface area contributed by atoms with Crippen molar-refractivity contribution in [2.75, 3.05) is 6.61 Å². The summed E-state index contributed by atoms with van der Waals surface area (Å²) >= 11 is 0. The summed E-state index contributed by atoms with van der Waals surface area (Å²) in [6.07, 6.45) is -3.93. The third-order valence-electron chi connectivity index (χ3n) is 3.91. The van der Waals surface area contributed by atoms with Crippen LogP contribution in [0.3, 0.4) is 0 Å². The van der Waals surface area contributed by atoms with E-state index in [1.165, 1.54) is 29.0 Å². The van der Waals surface area contributed by atoms with Gasteiger partial charge in [-0.25, -0.2) is 4.98 Å². The minimum atomic E-state index is -4.78. The van der Waals surface area contributed by atoms with Gasteiger partial charge in [0.15, 0.2) is 0 Å². The van der Waals surface area contributed by atoms with Crippen LogP contribution in [0.15, 0.2) is 24.4 Å². The summed E-state index contributed by atoms with van der Waals surface area (Å²) in [5.74, 6) is -0.278. The van der Waals surface area contributed by atoms with Crippen LogP contribution in [-0.2, 0) is 17.9 Å². The molecule has 1 aromatic carbocycles. The molecule has 1 aliphatic heterocycles. The summed E-state index contributed by atoms with van der Waals surface area (Å²) in [6.45, 7) is 0.502. The molecule has 148 valence electrons. The molecule has 4 rings (SSSR count). The van der Waals surface area contributed by atoms with Crippen molar-refractivity contribution in [3.05, 3.63) is 40.3 Å². The van der Waals surface area contributed by atoms with Crippen molar-refractivity contribution < 1.29 is 32.3 Å². The van der Waals surface area contributed by atoms with Crippen LogP contribution < -0.4 is 9.47 Å². The molecule has 13 heteroatoms. The number of alkyl halides is 3. The van der Waals surface area contributed by atoms with E-state index in [0.29, 0.717) is 23.4 Å². The third kappa shape index (κ3) is 3.83. The van der Waals surface area contributed by atoms with E-state index in [2.05, 4.69) is 19.7 Å². The van der Waals surface area contributed by atoms with E-state index in [1.807, 2.05) is 0 Å². The maximum atomic E-state index is 12.3. The fraction of sp³-hybridized carbons (Fsp3) is 0.333. The molecule has 1 N–H and O–H groups in total. The van der Waals surface area contributed by atoms with Gasteiger partial charge in [0.25, 0.3) is 0 Å². The van der Waals surface area contributed by atoms with Crippen LogP contribution in [0.2, 0.25) is 0 Å².